The summed E-state index contributed by atoms with van der Waals surface area (Å²) in [6.45, 7) is 9.77. The molecule has 4 heteroatoms. The van der Waals surface area contributed by atoms with Crippen molar-refractivity contribution in [2.75, 3.05) is 12.8 Å². The third kappa shape index (κ3) is 20.3. The molecule has 0 heterocycles. The van der Waals surface area contributed by atoms with Gasteiger partial charge in [0.15, 0.2) is 0 Å². The predicted molar refractivity (Wildman–Crippen MR) is 158 cm³/mol. The maximum absolute atomic E-state index is 13.5. The molecule has 0 amide bonds. The van der Waals surface area contributed by atoms with Gasteiger partial charge in [-0.15, -0.1) is 0 Å². The van der Waals surface area contributed by atoms with E-state index in [1.807, 2.05) is 30.3 Å². The van der Waals surface area contributed by atoms with Crippen LogP contribution in [-0.2, 0) is 9.09 Å². The van der Waals surface area contributed by atoms with Crippen LogP contribution in [-0.4, -0.2) is 12.8 Å². The molecule has 0 fully saturated rings. The van der Waals surface area contributed by atoms with E-state index >= 15 is 0 Å². The van der Waals surface area contributed by atoms with Crippen LogP contribution in [0.2, 0.25) is 0 Å². The molecule has 0 N–H and O–H groups in total. The van der Waals surface area contributed by atoms with Gasteiger partial charge in [-0.1, -0.05) is 149 Å². The Labute approximate surface area is 225 Å². The van der Waals surface area contributed by atoms with Crippen molar-refractivity contribution < 1.29 is 13.6 Å². The van der Waals surface area contributed by atoms with Crippen LogP contribution in [0.5, 0.6) is 5.75 Å². The summed E-state index contributed by atoms with van der Waals surface area (Å²) in [7, 11) is -3.10. The monoisotopic (exact) mass is 522 g/mol. The van der Waals surface area contributed by atoms with E-state index in [1.54, 1.807) is 0 Å². The first-order valence-electron chi connectivity index (χ1n) is 15.4. The molecule has 0 saturated carbocycles. The first-order valence-corrected chi connectivity index (χ1v) is 17.1. The van der Waals surface area contributed by atoms with Crippen LogP contribution in [0.15, 0.2) is 30.3 Å². The SMILES string of the molecule is CC(C)CCCCCCCCCCOP(=O)(CCCCCCCCCCC(C)C)Oc1ccccc1. The van der Waals surface area contributed by atoms with E-state index in [1.165, 1.54) is 89.9 Å². The quantitative estimate of drug-likeness (QED) is 0.0946. The van der Waals surface area contributed by atoms with Crippen LogP contribution in [0.3, 0.4) is 0 Å². The van der Waals surface area contributed by atoms with Gasteiger partial charge in [0.05, 0.1) is 12.8 Å². The smallest absolute Gasteiger partial charge is 0.379 e. The lowest BCUT2D eigenvalue weighted by Crippen LogP contribution is -2.04. The third-order valence-corrected chi connectivity index (χ3v) is 8.84. The zero-order valence-electron chi connectivity index (χ0n) is 24.4. The molecule has 0 spiro atoms. The average Bonchev–Trinajstić information content (AvgIpc) is 2.84. The van der Waals surface area contributed by atoms with Gasteiger partial charge in [0.1, 0.15) is 5.75 Å². The largest absolute Gasteiger partial charge is 0.424 e. The standard InChI is InChI=1S/C32H59O3P/c1-30(2)24-18-13-9-5-7-11-15-22-28-34-36(33,35-32-26-20-17-21-27-32)29-23-16-12-8-6-10-14-19-25-31(3)4/h17,20-21,26-27,30-31H,5-16,18-19,22-25,28-29H2,1-4H3. The summed E-state index contributed by atoms with van der Waals surface area (Å²) in [5.74, 6) is 2.32. The molecule has 210 valence electrons. The van der Waals surface area contributed by atoms with Crippen molar-refractivity contribution in [2.45, 2.75) is 143 Å². The van der Waals surface area contributed by atoms with Crippen LogP contribution < -0.4 is 4.52 Å². The Kier molecular flexibility index (Phi) is 20.5. The van der Waals surface area contributed by atoms with Gasteiger partial charge in [0.25, 0.3) is 0 Å². The molecule has 1 aromatic rings. The molecule has 0 aliphatic carbocycles. The molecule has 0 aromatic heterocycles. The second kappa shape index (κ2) is 22.2. The average molecular weight is 523 g/mol. The Hall–Kier alpha value is -0.790. The summed E-state index contributed by atoms with van der Waals surface area (Å²) in [5, 5.41) is 0. The van der Waals surface area contributed by atoms with Crippen molar-refractivity contribution >= 4 is 7.60 Å². The number of hydrogen-bond donors (Lipinski definition) is 0. The number of benzene rings is 1. The molecule has 0 bridgehead atoms. The number of unbranched alkanes of at least 4 members (excludes halogenated alkanes) is 14. The summed E-state index contributed by atoms with van der Waals surface area (Å²) in [5.41, 5.74) is 0. The first kappa shape index (κ1) is 33.2. The fourth-order valence-electron chi connectivity index (χ4n) is 4.62. The van der Waals surface area contributed by atoms with Gasteiger partial charge < -0.3 is 4.52 Å². The Morgan fingerprint density at radius 1 is 0.583 bits per heavy atom. The summed E-state index contributed by atoms with van der Waals surface area (Å²) < 4.78 is 25.3. The molecule has 1 unspecified atom stereocenters. The van der Waals surface area contributed by atoms with E-state index in [2.05, 4.69) is 27.7 Å². The van der Waals surface area contributed by atoms with Crippen LogP contribution in [0.4, 0.5) is 0 Å². The van der Waals surface area contributed by atoms with Crippen LogP contribution >= 0.6 is 7.60 Å². The summed E-state index contributed by atoms with van der Waals surface area (Å²) in [6.07, 6.45) is 23.3. The number of para-hydroxylation sites is 1. The second-order valence-corrected chi connectivity index (χ2v) is 13.7. The molecule has 0 radical (unpaired) electrons. The molecule has 0 aliphatic heterocycles. The Bertz CT molecular complexity index is 644. The van der Waals surface area contributed by atoms with Crippen molar-refractivity contribution in [1.29, 1.82) is 0 Å². The summed E-state index contributed by atoms with van der Waals surface area (Å²) >= 11 is 0. The van der Waals surface area contributed by atoms with E-state index in [-0.39, 0.29) is 0 Å². The molecule has 1 atom stereocenters. The maximum atomic E-state index is 13.5. The van der Waals surface area contributed by atoms with Crippen molar-refractivity contribution in [2.24, 2.45) is 11.8 Å². The second-order valence-electron chi connectivity index (χ2n) is 11.6. The van der Waals surface area contributed by atoms with Gasteiger partial charge in [0, 0.05) is 0 Å². The van der Waals surface area contributed by atoms with Crippen LogP contribution in [0.25, 0.3) is 0 Å². The zero-order chi connectivity index (χ0) is 26.3. The number of rotatable bonds is 25. The fourth-order valence-corrected chi connectivity index (χ4v) is 6.35. The van der Waals surface area contributed by atoms with Crippen molar-refractivity contribution in [1.82, 2.24) is 0 Å². The molecule has 1 rings (SSSR count). The van der Waals surface area contributed by atoms with E-state index in [0.717, 1.165) is 37.5 Å². The molecular formula is C32H59O3P. The van der Waals surface area contributed by atoms with Crippen LogP contribution in [0, 0.1) is 11.8 Å². The van der Waals surface area contributed by atoms with Crippen molar-refractivity contribution in [3.8, 4) is 5.75 Å². The highest BCUT2D eigenvalue weighted by molar-refractivity contribution is 7.54. The third-order valence-electron chi connectivity index (χ3n) is 6.91. The fraction of sp³-hybridized carbons (Fsp3) is 0.812. The van der Waals surface area contributed by atoms with E-state index in [4.69, 9.17) is 9.05 Å². The van der Waals surface area contributed by atoms with E-state index < -0.39 is 7.60 Å². The van der Waals surface area contributed by atoms with Gasteiger partial charge in [-0.2, -0.15) is 0 Å². The van der Waals surface area contributed by atoms with E-state index in [9.17, 15) is 4.57 Å². The predicted octanol–water partition coefficient (Wildman–Crippen LogP) is 11.6. The molecule has 36 heavy (non-hydrogen) atoms. The molecular weight excluding hydrogens is 463 g/mol. The first-order chi connectivity index (χ1) is 17.4. The Balaban J connectivity index is 2.19. The van der Waals surface area contributed by atoms with Gasteiger partial charge >= 0.3 is 7.60 Å². The lowest BCUT2D eigenvalue weighted by atomic mass is 10.0. The summed E-state index contributed by atoms with van der Waals surface area (Å²) in [4.78, 5) is 0. The highest BCUT2D eigenvalue weighted by Crippen LogP contribution is 2.49. The molecule has 0 saturated heterocycles. The van der Waals surface area contributed by atoms with Crippen molar-refractivity contribution in [3.63, 3.8) is 0 Å². The normalized spacial score (nSPS) is 13.4. The molecule has 1 aromatic carbocycles. The molecule has 0 aliphatic rings. The Morgan fingerprint density at radius 3 is 1.47 bits per heavy atom. The van der Waals surface area contributed by atoms with Gasteiger partial charge in [-0.05, 0) is 36.8 Å². The van der Waals surface area contributed by atoms with Gasteiger partial charge in [-0.3, -0.25) is 4.52 Å². The highest BCUT2D eigenvalue weighted by Gasteiger charge is 2.25. The lowest BCUT2D eigenvalue weighted by Gasteiger charge is -2.19. The van der Waals surface area contributed by atoms with Gasteiger partial charge in [-0.25, -0.2) is 4.57 Å². The maximum Gasteiger partial charge on any atom is 0.379 e. The zero-order valence-corrected chi connectivity index (χ0v) is 25.2. The Morgan fingerprint density at radius 2 is 1.00 bits per heavy atom. The minimum atomic E-state index is -3.10. The lowest BCUT2D eigenvalue weighted by molar-refractivity contribution is 0.256. The minimum Gasteiger partial charge on any atom is -0.424 e. The highest BCUT2D eigenvalue weighted by atomic mass is 31.2. The minimum absolute atomic E-state index is 0.520. The molecule has 3 nitrogen and oxygen atoms in total. The van der Waals surface area contributed by atoms with E-state index in [0.29, 0.717) is 18.5 Å². The number of hydrogen-bond acceptors (Lipinski definition) is 3. The van der Waals surface area contributed by atoms with Crippen molar-refractivity contribution in [3.05, 3.63) is 30.3 Å². The van der Waals surface area contributed by atoms with Gasteiger partial charge in [0.2, 0.25) is 0 Å². The topological polar surface area (TPSA) is 35.5 Å². The van der Waals surface area contributed by atoms with Crippen LogP contribution in [0.1, 0.15) is 143 Å². The summed E-state index contributed by atoms with van der Waals surface area (Å²) in [6, 6.07) is 9.53.